The number of rotatable bonds is 5. The van der Waals surface area contributed by atoms with Gasteiger partial charge in [0, 0.05) is 18.2 Å². The van der Waals surface area contributed by atoms with Crippen LogP contribution in [0.4, 0.5) is 5.69 Å². The first kappa shape index (κ1) is 17.7. The van der Waals surface area contributed by atoms with E-state index in [1.54, 1.807) is 37.4 Å². The molecule has 2 aromatic rings. The fourth-order valence-corrected chi connectivity index (χ4v) is 2.49. The van der Waals surface area contributed by atoms with Gasteiger partial charge in [0.1, 0.15) is 5.75 Å². The summed E-state index contributed by atoms with van der Waals surface area (Å²) in [5.74, 6) is 0.146. The SMILES string of the molecule is COc1ccc(C=NNC(=O)c2cccc(NC(C)=O)c2)cc1Br. The van der Waals surface area contributed by atoms with Crippen molar-refractivity contribution in [1.82, 2.24) is 5.43 Å². The smallest absolute Gasteiger partial charge is 0.271 e. The number of anilines is 1. The van der Waals surface area contributed by atoms with Crippen molar-refractivity contribution in [1.29, 1.82) is 0 Å². The van der Waals surface area contributed by atoms with Crippen molar-refractivity contribution in [3.63, 3.8) is 0 Å². The molecule has 0 aliphatic rings. The first-order valence-corrected chi connectivity index (χ1v) is 7.83. The molecule has 0 radical (unpaired) electrons. The van der Waals surface area contributed by atoms with Gasteiger partial charge in [0.15, 0.2) is 0 Å². The Bertz CT molecular complexity index is 790. The van der Waals surface area contributed by atoms with Crippen LogP contribution in [0.15, 0.2) is 52.0 Å². The summed E-state index contributed by atoms with van der Waals surface area (Å²) in [6.45, 7) is 1.41. The number of amides is 2. The van der Waals surface area contributed by atoms with Gasteiger partial charge in [0.05, 0.1) is 17.8 Å². The number of carbonyl (C=O) groups excluding carboxylic acids is 2. The topological polar surface area (TPSA) is 79.8 Å². The van der Waals surface area contributed by atoms with E-state index in [-0.39, 0.29) is 11.8 Å². The maximum Gasteiger partial charge on any atom is 0.271 e. The summed E-state index contributed by atoms with van der Waals surface area (Å²) in [6, 6.07) is 12.0. The first-order valence-electron chi connectivity index (χ1n) is 7.04. The van der Waals surface area contributed by atoms with Crippen LogP contribution in [0.1, 0.15) is 22.8 Å². The minimum Gasteiger partial charge on any atom is -0.496 e. The predicted molar refractivity (Wildman–Crippen MR) is 96.5 cm³/mol. The maximum absolute atomic E-state index is 12.1. The molecular weight excluding hydrogens is 374 g/mol. The van der Waals surface area contributed by atoms with Crippen molar-refractivity contribution in [3.05, 3.63) is 58.1 Å². The van der Waals surface area contributed by atoms with Crippen molar-refractivity contribution < 1.29 is 14.3 Å². The molecule has 0 heterocycles. The van der Waals surface area contributed by atoms with Crippen molar-refractivity contribution in [3.8, 4) is 5.75 Å². The second-order valence-corrected chi connectivity index (χ2v) is 5.71. The Balaban J connectivity index is 2.02. The minimum atomic E-state index is -0.369. The number of halogens is 1. The Kier molecular flexibility index (Phi) is 6.08. The van der Waals surface area contributed by atoms with Crippen LogP contribution in [0.5, 0.6) is 5.75 Å². The largest absolute Gasteiger partial charge is 0.496 e. The van der Waals surface area contributed by atoms with Crippen LogP contribution < -0.4 is 15.5 Å². The minimum absolute atomic E-state index is 0.198. The maximum atomic E-state index is 12.1. The Morgan fingerprint density at radius 1 is 1.21 bits per heavy atom. The molecule has 2 rings (SSSR count). The Labute approximate surface area is 148 Å². The van der Waals surface area contributed by atoms with E-state index in [1.807, 2.05) is 12.1 Å². The van der Waals surface area contributed by atoms with E-state index in [0.717, 1.165) is 10.0 Å². The van der Waals surface area contributed by atoms with Gasteiger partial charge in [-0.25, -0.2) is 5.43 Å². The molecule has 0 bridgehead atoms. The summed E-state index contributed by atoms with van der Waals surface area (Å²) >= 11 is 3.38. The number of benzene rings is 2. The molecule has 124 valence electrons. The van der Waals surface area contributed by atoms with Crippen LogP contribution in [-0.4, -0.2) is 25.1 Å². The fraction of sp³-hybridized carbons (Fsp3) is 0.118. The van der Waals surface area contributed by atoms with Gasteiger partial charge in [-0.2, -0.15) is 5.10 Å². The van der Waals surface area contributed by atoms with Crippen LogP contribution in [-0.2, 0) is 4.79 Å². The Morgan fingerprint density at radius 3 is 2.67 bits per heavy atom. The number of ether oxygens (including phenoxy) is 1. The highest BCUT2D eigenvalue weighted by molar-refractivity contribution is 9.10. The molecular formula is C17H16BrN3O3. The molecule has 0 aromatic heterocycles. The van der Waals surface area contributed by atoms with E-state index in [4.69, 9.17) is 4.74 Å². The molecule has 0 saturated carbocycles. The summed E-state index contributed by atoms with van der Waals surface area (Å²) in [4.78, 5) is 23.1. The summed E-state index contributed by atoms with van der Waals surface area (Å²) in [5.41, 5.74) is 4.20. The molecule has 0 aliphatic carbocycles. The Morgan fingerprint density at radius 2 is 2.00 bits per heavy atom. The van der Waals surface area contributed by atoms with E-state index in [1.165, 1.54) is 13.1 Å². The number of nitrogens with zero attached hydrogens (tertiary/aromatic N) is 1. The van der Waals surface area contributed by atoms with E-state index < -0.39 is 0 Å². The lowest BCUT2D eigenvalue weighted by molar-refractivity contribution is -0.114. The van der Waals surface area contributed by atoms with Gasteiger partial charge >= 0.3 is 0 Å². The third-order valence-electron chi connectivity index (χ3n) is 3.00. The number of hydrogen-bond acceptors (Lipinski definition) is 4. The zero-order chi connectivity index (χ0) is 17.5. The van der Waals surface area contributed by atoms with Crippen LogP contribution in [0, 0.1) is 0 Å². The first-order chi connectivity index (χ1) is 11.5. The third kappa shape index (κ3) is 4.92. The third-order valence-corrected chi connectivity index (χ3v) is 3.62. The van der Waals surface area contributed by atoms with Gasteiger partial charge in [0.2, 0.25) is 5.91 Å². The number of hydrogen-bond donors (Lipinski definition) is 2. The van der Waals surface area contributed by atoms with E-state index in [9.17, 15) is 9.59 Å². The molecule has 0 saturated heterocycles. The quantitative estimate of drug-likeness (QED) is 0.608. The normalized spacial score (nSPS) is 10.5. The van der Waals surface area contributed by atoms with Crippen LogP contribution in [0.3, 0.4) is 0 Å². The van der Waals surface area contributed by atoms with E-state index >= 15 is 0 Å². The van der Waals surface area contributed by atoms with Gasteiger partial charge in [-0.15, -0.1) is 0 Å². The fourth-order valence-electron chi connectivity index (χ4n) is 1.93. The summed E-state index contributed by atoms with van der Waals surface area (Å²) in [7, 11) is 1.59. The van der Waals surface area contributed by atoms with Gasteiger partial charge in [-0.05, 0) is 57.9 Å². The summed E-state index contributed by atoms with van der Waals surface area (Å²) in [5, 5.41) is 6.56. The molecule has 2 amide bonds. The number of methoxy groups -OCH3 is 1. The average Bonchev–Trinajstić information content (AvgIpc) is 2.54. The monoisotopic (exact) mass is 389 g/mol. The summed E-state index contributed by atoms with van der Waals surface area (Å²) < 4.78 is 5.94. The summed E-state index contributed by atoms with van der Waals surface area (Å²) in [6.07, 6.45) is 1.53. The van der Waals surface area contributed by atoms with E-state index in [0.29, 0.717) is 17.0 Å². The Hall–Kier alpha value is -2.67. The highest BCUT2D eigenvalue weighted by atomic mass is 79.9. The second-order valence-electron chi connectivity index (χ2n) is 4.86. The molecule has 6 nitrogen and oxygen atoms in total. The molecule has 0 fully saturated rings. The van der Waals surface area contributed by atoms with Gasteiger partial charge in [-0.1, -0.05) is 6.07 Å². The molecule has 0 spiro atoms. The highest BCUT2D eigenvalue weighted by Gasteiger charge is 2.06. The zero-order valence-corrected chi connectivity index (χ0v) is 14.8. The van der Waals surface area contributed by atoms with Crippen LogP contribution in [0.2, 0.25) is 0 Å². The van der Waals surface area contributed by atoms with Gasteiger partial charge in [0.25, 0.3) is 5.91 Å². The van der Waals surface area contributed by atoms with Crippen molar-refractivity contribution >= 4 is 39.6 Å². The van der Waals surface area contributed by atoms with Crippen molar-refractivity contribution in [2.24, 2.45) is 5.10 Å². The predicted octanol–water partition coefficient (Wildman–Crippen LogP) is 3.18. The molecule has 2 N–H and O–H groups in total. The molecule has 7 heteroatoms. The lowest BCUT2D eigenvalue weighted by atomic mass is 10.2. The van der Waals surface area contributed by atoms with Crippen molar-refractivity contribution in [2.75, 3.05) is 12.4 Å². The lowest BCUT2D eigenvalue weighted by Gasteiger charge is -2.05. The van der Waals surface area contributed by atoms with Crippen molar-refractivity contribution in [2.45, 2.75) is 6.92 Å². The van der Waals surface area contributed by atoms with Crippen LogP contribution >= 0.6 is 15.9 Å². The van der Waals surface area contributed by atoms with Gasteiger partial charge in [-0.3, -0.25) is 9.59 Å². The second kappa shape index (κ2) is 8.26. The van der Waals surface area contributed by atoms with Gasteiger partial charge < -0.3 is 10.1 Å². The standard InChI is InChI=1S/C17H16BrN3O3/c1-11(22)20-14-5-3-4-13(9-14)17(23)21-19-10-12-6-7-16(24-2)15(18)8-12/h3-10H,1-2H3,(H,20,22)(H,21,23). The molecule has 24 heavy (non-hydrogen) atoms. The molecule has 0 aliphatic heterocycles. The number of nitrogens with one attached hydrogen (secondary N) is 2. The van der Waals surface area contributed by atoms with E-state index in [2.05, 4.69) is 31.8 Å². The number of hydrazone groups is 1. The number of carbonyl (C=O) groups is 2. The lowest BCUT2D eigenvalue weighted by Crippen LogP contribution is -2.18. The molecule has 0 atom stereocenters. The zero-order valence-electron chi connectivity index (χ0n) is 13.2. The molecule has 0 unspecified atom stereocenters. The average molecular weight is 390 g/mol. The highest BCUT2D eigenvalue weighted by Crippen LogP contribution is 2.24. The van der Waals surface area contributed by atoms with Crippen LogP contribution in [0.25, 0.3) is 0 Å². The molecule has 2 aromatic carbocycles.